The van der Waals surface area contributed by atoms with Crippen molar-refractivity contribution in [1.29, 1.82) is 0 Å². The van der Waals surface area contributed by atoms with Crippen molar-refractivity contribution in [2.75, 3.05) is 0 Å². The summed E-state index contributed by atoms with van der Waals surface area (Å²) in [5, 5.41) is 0. The third kappa shape index (κ3) is 2.75. The first kappa shape index (κ1) is 12.3. The van der Waals surface area contributed by atoms with E-state index in [9.17, 15) is 0 Å². The van der Waals surface area contributed by atoms with Crippen LogP contribution in [0.15, 0.2) is 37.3 Å². The first-order valence-corrected chi connectivity index (χ1v) is 7.03. The second-order valence-corrected chi connectivity index (χ2v) is 6.58. The summed E-state index contributed by atoms with van der Waals surface area (Å²) in [4.78, 5) is 1.18. The van der Waals surface area contributed by atoms with Gasteiger partial charge in [-0.1, -0.05) is 0 Å². The highest BCUT2D eigenvalue weighted by atomic mass is 79.9. The van der Waals surface area contributed by atoms with Gasteiger partial charge in [0.1, 0.15) is 0 Å². The molecule has 0 spiro atoms. The predicted molar refractivity (Wildman–Crippen MR) is 72.2 cm³/mol. The number of rotatable bonds is 4. The van der Waals surface area contributed by atoms with Gasteiger partial charge in [0.2, 0.25) is 0 Å². The summed E-state index contributed by atoms with van der Waals surface area (Å²) in [5.41, 5.74) is 3.95. The lowest BCUT2D eigenvalue weighted by atomic mass is 10.1. The molecule has 2 rings (SSSR count). The van der Waals surface area contributed by atoms with E-state index in [0.717, 1.165) is 20.2 Å². The Kier molecular flexibility index (Phi) is 4.21. The molecule has 2 aromatic rings. The minimum Gasteiger partial charge on any atom is -0.472 e. The zero-order chi connectivity index (χ0) is 11.5. The Bertz CT molecular complexity index is 436. The fourth-order valence-electron chi connectivity index (χ4n) is 1.42. The second kappa shape index (κ2) is 5.46. The molecule has 0 aliphatic heterocycles. The number of nitrogens with one attached hydrogen (secondary N) is 1. The van der Waals surface area contributed by atoms with Crippen molar-refractivity contribution in [3.8, 4) is 0 Å². The summed E-state index contributed by atoms with van der Waals surface area (Å²) >= 11 is 8.61. The number of nitrogens with two attached hydrogens (primary N) is 1. The molecule has 86 valence electrons. The van der Waals surface area contributed by atoms with Crippen molar-refractivity contribution >= 4 is 43.2 Å². The van der Waals surface area contributed by atoms with Gasteiger partial charge in [0.25, 0.3) is 0 Å². The highest BCUT2D eigenvalue weighted by Gasteiger charge is 2.15. The van der Waals surface area contributed by atoms with Gasteiger partial charge in [-0.25, -0.2) is 0 Å². The van der Waals surface area contributed by atoms with E-state index in [1.54, 1.807) is 23.9 Å². The van der Waals surface area contributed by atoms with Crippen molar-refractivity contribution in [1.82, 2.24) is 5.43 Å². The summed E-state index contributed by atoms with van der Waals surface area (Å²) in [5.74, 6) is 5.58. The van der Waals surface area contributed by atoms with Crippen LogP contribution in [-0.2, 0) is 6.42 Å². The standard InChI is InChI=1S/C10H10Br2N2OS/c11-7-4-9(16-10(7)12)8(14-13)3-6-1-2-15-5-6/h1-2,4-5,8,14H,3,13H2. The largest absolute Gasteiger partial charge is 0.472 e. The van der Waals surface area contributed by atoms with E-state index in [-0.39, 0.29) is 6.04 Å². The number of hydrogen-bond acceptors (Lipinski definition) is 4. The molecular formula is C10H10Br2N2OS. The molecule has 16 heavy (non-hydrogen) atoms. The van der Waals surface area contributed by atoms with Crippen molar-refractivity contribution in [2.45, 2.75) is 12.5 Å². The topological polar surface area (TPSA) is 51.2 Å². The van der Waals surface area contributed by atoms with Gasteiger partial charge in [-0.3, -0.25) is 11.3 Å². The molecule has 0 bridgehead atoms. The molecular weight excluding hydrogens is 356 g/mol. The van der Waals surface area contributed by atoms with E-state index in [1.165, 1.54) is 4.88 Å². The number of hydrazine groups is 1. The maximum atomic E-state index is 5.58. The van der Waals surface area contributed by atoms with Crippen LogP contribution >= 0.6 is 43.2 Å². The van der Waals surface area contributed by atoms with E-state index in [1.807, 2.05) is 6.07 Å². The van der Waals surface area contributed by atoms with E-state index in [0.29, 0.717) is 0 Å². The Labute approximate surface area is 114 Å². The average Bonchev–Trinajstić information content (AvgIpc) is 2.86. The molecule has 6 heteroatoms. The molecule has 3 nitrogen and oxygen atoms in total. The lowest BCUT2D eigenvalue weighted by molar-refractivity contribution is 0.541. The molecule has 0 aliphatic rings. The third-order valence-corrected chi connectivity index (χ3v) is 5.60. The molecule has 0 amide bonds. The van der Waals surface area contributed by atoms with Crippen LogP contribution in [0.1, 0.15) is 16.5 Å². The van der Waals surface area contributed by atoms with E-state index in [4.69, 9.17) is 10.3 Å². The van der Waals surface area contributed by atoms with E-state index < -0.39 is 0 Å². The lowest BCUT2D eigenvalue weighted by Gasteiger charge is -2.12. The number of hydrogen-bond donors (Lipinski definition) is 2. The minimum absolute atomic E-state index is 0.102. The highest BCUT2D eigenvalue weighted by Crippen LogP contribution is 2.36. The quantitative estimate of drug-likeness (QED) is 0.642. The van der Waals surface area contributed by atoms with Crippen molar-refractivity contribution in [2.24, 2.45) is 5.84 Å². The molecule has 0 aliphatic carbocycles. The first-order chi connectivity index (χ1) is 7.70. The molecule has 0 aromatic carbocycles. The SMILES string of the molecule is NNC(Cc1ccoc1)c1cc(Br)c(Br)s1. The van der Waals surface area contributed by atoms with Crippen molar-refractivity contribution in [3.05, 3.63) is 43.4 Å². The van der Waals surface area contributed by atoms with Gasteiger partial charge in [-0.05, 0) is 56.0 Å². The molecule has 0 saturated carbocycles. The molecule has 0 saturated heterocycles. The Morgan fingerprint density at radius 1 is 1.50 bits per heavy atom. The molecule has 3 N–H and O–H groups in total. The van der Waals surface area contributed by atoms with Gasteiger partial charge in [0.15, 0.2) is 0 Å². The summed E-state index contributed by atoms with van der Waals surface area (Å²) in [7, 11) is 0. The Morgan fingerprint density at radius 2 is 2.31 bits per heavy atom. The van der Waals surface area contributed by atoms with Crippen LogP contribution in [0.2, 0.25) is 0 Å². The second-order valence-electron chi connectivity index (χ2n) is 3.33. The van der Waals surface area contributed by atoms with Crippen molar-refractivity contribution < 1.29 is 4.42 Å². The van der Waals surface area contributed by atoms with E-state index in [2.05, 4.69) is 43.4 Å². The van der Waals surface area contributed by atoms with Gasteiger partial charge in [-0.15, -0.1) is 11.3 Å². The Balaban J connectivity index is 2.16. The Hall–Kier alpha value is -0.140. The predicted octanol–water partition coefficient (Wildman–Crippen LogP) is 3.61. The normalized spacial score (nSPS) is 12.9. The monoisotopic (exact) mass is 364 g/mol. The fraction of sp³-hybridized carbons (Fsp3) is 0.200. The summed E-state index contributed by atoms with van der Waals surface area (Å²) in [6, 6.07) is 4.12. The number of halogens is 2. The third-order valence-electron chi connectivity index (χ3n) is 2.23. The summed E-state index contributed by atoms with van der Waals surface area (Å²) in [6.45, 7) is 0. The summed E-state index contributed by atoms with van der Waals surface area (Å²) < 4.78 is 7.18. The molecule has 2 aromatic heterocycles. The van der Waals surface area contributed by atoms with Gasteiger partial charge in [0, 0.05) is 9.35 Å². The van der Waals surface area contributed by atoms with Crippen LogP contribution in [0.3, 0.4) is 0 Å². The van der Waals surface area contributed by atoms with Crippen LogP contribution in [0.4, 0.5) is 0 Å². The molecule has 0 radical (unpaired) electrons. The van der Waals surface area contributed by atoms with Crippen LogP contribution in [-0.4, -0.2) is 0 Å². The molecule has 0 fully saturated rings. The number of furan rings is 1. The lowest BCUT2D eigenvalue weighted by Crippen LogP contribution is -2.28. The maximum Gasteiger partial charge on any atom is 0.0935 e. The minimum atomic E-state index is 0.102. The van der Waals surface area contributed by atoms with Crippen LogP contribution in [0.25, 0.3) is 0 Å². The van der Waals surface area contributed by atoms with Crippen LogP contribution < -0.4 is 11.3 Å². The zero-order valence-corrected chi connectivity index (χ0v) is 12.2. The summed E-state index contributed by atoms with van der Waals surface area (Å²) in [6.07, 6.45) is 4.22. The maximum absolute atomic E-state index is 5.58. The van der Waals surface area contributed by atoms with Crippen molar-refractivity contribution in [3.63, 3.8) is 0 Å². The van der Waals surface area contributed by atoms with Crippen LogP contribution in [0, 0.1) is 0 Å². The van der Waals surface area contributed by atoms with Crippen LogP contribution in [0.5, 0.6) is 0 Å². The smallest absolute Gasteiger partial charge is 0.0935 e. The molecule has 2 heterocycles. The highest BCUT2D eigenvalue weighted by molar-refractivity contribution is 9.13. The number of thiophene rings is 1. The van der Waals surface area contributed by atoms with Gasteiger partial charge in [-0.2, -0.15) is 0 Å². The molecule has 1 atom stereocenters. The average molecular weight is 366 g/mol. The van der Waals surface area contributed by atoms with Gasteiger partial charge >= 0.3 is 0 Å². The fourth-order valence-corrected chi connectivity index (χ4v) is 3.57. The Morgan fingerprint density at radius 3 is 2.81 bits per heavy atom. The van der Waals surface area contributed by atoms with Gasteiger partial charge in [0.05, 0.1) is 22.4 Å². The van der Waals surface area contributed by atoms with E-state index >= 15 is 0 Å². The zero-order valence-electron chi connectivity index (χ0n) is 8.24. The first-order valence-electron chi connectivity index (χ1n) is 4.62. The van der Waals surface area contributed by atoms with Gasteiger partial charge < -0.3 is 4.42 Å². The molecule has 1 unspecified atom stereocenters.